The van der Waals surface area contributed by atoms with Crippen molar-refractivity contribution in [3.63, 3.8) is 0 Å². The van der Waals surface area contributed by atoms with Crippen molar-refractivity contribution in [2.45, 2.75) is 26.4 Å². The van der Waals surface area contributed by atoms with Gasteiger partial charge in [-0.05, 0) is 55.8 Å². The molecule has 2 rings (SSSR count). The molecule has 0 bridgehead atoms. The number of rotatable bonds is 5. The molecule has 4 heteroatoms. The number of ketones is 1. The Morgan fingerprint density at radius 3 is 2.14 bits per heavy atom. The predicted molar refractivity (Wildman–Crippen MR) is 76.6 cm³/mol. The van der Waals surface area contributed by atoms with Crippen LogP contribution in [-0.4, -0.2) is 11.9 Å². The second kappa shape index (κ2) is 6.48. The number of halogens is 2. The molecule has 2 aromatic carbocycles. The Morgan fingerprint density at radius 1 is 1.05 bits per heavy atom. The summed E-state index contributed by atoms with van der Waals surface area (Å²) < 4.78 is 31.7. The average Bonchev–Trinajstić information content (AvgIpc) is 2.37. The molecule has 0 amide bonds. The first-order chi connectivity index (χ1) is 9.94. The summed E-state index contributed by atoms with van der Waals surface area (Å²) in [5, 5.41) is 0. The Labute approximate surface area is 122 Å². The van der Waals surface area contributed by atoms with Crippen LogP contribution in [0.25, 0.3) is 0 Å². The largest absolute Gasteiger partial charge is 0.491 e. The molecule has 0 aliphatic heterocycles. The first kappa shape index (κ1) is 15.2. The molecular formula is C17H16F2O2. The highest BCUT2D eigenvalue weighted by Gasteiger charge is 2.09. The van der Waals surface area contributed by atoms with Crippen LogP contribution in [0, 0.1) is 11.6 Å². The molecule has 0 aromatic heterocycles. The quantitative estimate of drug-likeness (QED) is 0.772. The van der Waals surface area contributed by atoms with Crippen LogP contribution in [0.1, 0.15) is 29.8 Å². The molecule has 0 heterocycles. The molecule has 0 N–H and O–H groups in total. The van der Waals surface area contributed by atoms with Gasteiger partial charge in [0.05, 0.1) is 6.10 Å². The molecule has 0 spiro atoms. The van der Waals surface area contributed by atoms with Crippen molar-refractivity contribution in [2.75, 3.05) is 0 Å². The lowest BCUT2D eigenvalue weighted by Crippen LogP contribution is -2.07. The van der Waals surface area contributed by atoms with Gasteiger partial charge in [-0.25, -0.2) is 8.78 Å². The van der Waals surface area contributed by atoms with E-state index in [1.54, 1.807) is 24.3 Å². The Hall–Kier alpha value is -2.23. The topological polar surface area (TPSA) is 26.3 Å². The third-order valence-corrected chi connectivity index (χ3v) is 2.84. The van der Waals surface area contributed by atoms with Gasteiger partial charge in [-0.2, -0.15) is 0 Å². The first-order valence-corrected chi connectivity index (χ1v) is 6.69. The average molecular weight is 290 g/mol. The SMILES string of the molecule is CC(C)Oc1ccc(C(=O)Cc2cc(F)cc(F)c2)cc1. The van der Waals surface area contributed by atoms with Gasteiger partial charge in [0.15, 0.2) is 5.78 Å². The van der Waals surface area contributed by atoms with Crippen LogP contribution in [0.15, 0.2) is 42.5 Å². The summed E-state index contributed by atoms with van der Waals surface area (Å²) in [6, 6.07) is 9.82. The lowest BCUT2D eigenvalue weighted by molar-refractivity contribution is 0.0993. The molecule has 0 atom stereocenters. The standard InChI is InChI=1S/C17H16F2O2/c1-11(2)21-16-5-3-13(4-6-16)17(20)9-12-7-14(18)10-15(19)8-12/h3-8,10-11H,9H2,1-2H3. The van der Waals surface area contributed by atoms with E-state index in [0.717, 1.165) is 18.2 Å². The molecule has 2 aromatic rings. The van der Waals surface area contributed by atoms with Crippen LogP contribution in [0.3, 0.4) is 0 Å². The first-order valence-electron chi connectivity index (χ1n) is 6.69. The number of hydrogen-bond donors (Lipinski definition) is 0. The van der Waals surface area contributed by atoms with E-state index in [1.165, 1.54) is 0 Å². The summed E-state index contributed by atoms with van der Waals surface area (Å²) in [5.74, 6) is -0.883. The number of carbonyl (C=O) groups excluding carboxylic acids is 1. The fourth-order valence-corrected chi connectivity index (χ4v) is 1.99. The monoisotopic (exact) mass is 290 g/mol. The zero-order valence-electron chi connectivity index (χ0n) is 11.9. The Bertz CT molecular complexity index is 613. The van der Waals surface area contributed by atoms with Gasteiger partial charge in [0.1, 0.15) is 17.4 Å². The van der Waals surface area contributed by atoms with Crippen LogP contribution in [0.2, 0.25) is 0 Å². The van der Waals surface area contributed by atoms with Crippen LogP contribution in [0.5, 0.6) is 5.75 Å². The van der Waals surface area contributed by atoms with Gasteiger partial charge in [0.25, 0.3) is 0 Å². The second-order valence-electron chi connectivity index (χ2n) is 5.07. The van der Waals surface area contributed by atoms with Crippen molar-refractivity contribution in [3.8, 4) is 5.75 Å². The van der Waals surface area contributed by atoms with Crippen molar-refractivity contribution in [1.29, 1.82) is 0 Å². The summed E-state index contributed by atoms with van der Waals surface area (Å²) in [6.45, 7) is 3.83. The number of ether oxygens (including phenoxy) is 1. The minimum Gasteiger partial charge on any atom is -0.491 e. The van der Waals surface area contributed by atoms with E-state index in [2.05, 4.69) is 0 Å². The Kier molecular flexibility index (Phi) is 4.68. The zero-order chi connectivity index (χ0) is 15.4. The van der Waals surface area contributed by atoms with E-state index < -0.39 is 11.6 Å². The smallest absolute Gasteiger partial charge is 0.167 e. The van der Waals surface area contributed by atoms with Gasteiger partial charge < -0.3 is 4.74 Å². The minimum atomic E-state index is -0.682. The Morgan fingerprint density at radius 2 is 1.62 bits per heavy atom. The van der Waals surface area contributed by atoms with Crippen molar-refractivity contribution in [1.82, 2.24) is 0 Å². The number of benzene rings is 2. The summed E-state index contributed by atoms with van der Waals surface area (Å²) in [4.78, 5) is 12.1. The lowest BCUT2D eigenvalue weighted by Gasteiger charge is -2.09. The number of hydrogen-bond acceptors (Lipinski definition) is 2. The van der Waals surface area contributed by atoms with Crippen molar-refractivity contribution < 1.29 is 18.3 Å². The fraction of sp³-hybridized carbons (Fsp3) is 0.235. The van der Waals surface area contributed by atoms with Crippen LogP contribution >= 0.6 is 0 Å². The molecule has 0 saturated heterocycles. The van der Waals surface area contributed by atoms with Gasteiger partial charge in [-0.1, -0.05) is 0 Å². The maximum Gasteiger partial charge on any atom is 0.167 e. The molecule has 0 aliphatic carbocycles. The van der Waals surface area contributed by atoms with E-state index in [-0.39, 0.29) is 18.3 Å². The van der Waals surface area contributed by atoms with E-state index in [0.29, 0.717) is 16.9 Å². The molecule has 0 unspecified atom stereocenters. The van der Waals surface area contributed by atoms with Crippen molar-refractivity contribution in [3.05, 3.63) is 65.2 Å². The van der Waals surface area contributed by atoms with Crippen LogP contribution in [0.4, 0.5) is 8.78 Å². The molecule has 2 nitrogen and oxygen atoms in total. The van der Waals surface area contributed by atoms with Gasteiger partial charge in [-0.3, -0.25) is 4.79 Å². The summed E-state index contributed by atoms with van der Waals surface area (Å²) in [5.41, 5.74) is 0.802. The number of carbonyl (C=O) groups is 1. The van der Waals surface area contributed by atoms with Crippen LogP contribution < -0.4 is 4.74 Å². The van der Waals surface area contributed by atoms with Gasteiger partial charge in [0, 0.05) is 18.1 Å². The van der Waals surface area contributed by atoms with E-state index in [1.807, 2.05) is 13.8 Å². The highest BCUT2D eigenvalue weighted by Crippen LogP contribution is 2.16. The van der Waals surface area contributed by atoms with E-state index in [4.69, 9.17) is 4.74 Å². The molecule has 0 saturated carbocycles. The number of Topliss-reactive ketones (excluding diaryl/α,β-unsaturated/α-hetero) is 1. The molecule has 110 valence electrons. The fourth-order valence-electron chi connectivity index (χ4n) is 1.99. The summed E-state index contributed by atoms with van der Waals surface area (Å²) in [7, 11) is 0. The van der Waals surface area contributed by atoms with Gasteiger partial charge in [0.2, 0.25) is 0 Å². The minimum absolute atomic E-state index is 0.0426. The molecule has 0 aliphatic rings. The zero-order valence-corrected chi connectivity index (χ0v) is 11.9. The predicted octanol–water partition coefficient (Wildman–Crippen LogP) is 4.18. The molecular weight excluding hydrogens is 274 g/mol. The van der Waals surface area contributed by atoms with Gasteiger partial charge in [-0.15, -0.1) is 0 Å². The van der Waals surface area contributed by atoms with Crippen molar-refractivity contribution >= 4 is 5.78 Å². The normalized spacial score (nSPS) is 10.7. The van der Waals surface area contributed by atoms with Crippen LogP contribution in [-0.2, 0) is 6.42 Å². The van der Waals surface area contributed by atoms with E-state index in [9.17, 15) is 13.6 Å². The highest BCUT2D eigenvalue weighted by atomic mass is 19.1. The molecule has 0 fully saturated rings. The van der Waals surface area contributed by atoms with E-state index >= 15 is 0 Å². The highest BCUT2D eigenvalue weighted by molar-refractivity contribution is 5.97. The molecule has 0 radical (unpaired) electrons. The van der Waals surface area contributed by atoms with Crippen molar-refractivity contribution in [2.24, 2.45) is 0 Å². The third kappa shape index (κ3) is 4.38. The second-order valence-corrected chi connectivity index (χ2v) is 5.07. The van der Waals surface area contributed by atoms with Gasteiger partial charge >= 0.3 is 0 Å². The maximum absolute atomic E-state index is 13.1. The maximum atomic E-state index is 13.1. The molecule has 21 heavy (non-hydrogen) atoms. The third-order valence-electron chi connectivity index (χ3n) is 2.84. The Balaban J connectivity index is 2.09. The summed E-state index contributed by atoms with van der Waals surface area (Å²) in [6.07, 6.45) is 0.0146. The summed E-state index contributed by atoms with van der Waals surface area (Å²) >= 11 is 0. The lowest BCUT2D eigenvalue weighted by atomic mass is 10.0.